The zero-order valence-corrected chi connectivity index (χ0v) is 41.2. The highest BCUT2D eigenvalue weighted by molar-refractivity contribution is 7.49. The molecule has 1 fully saturated rings. The van der Waals surface area contributed by atoms with Crippen molar-refractivity contribution in [1.29, 1.82) is 0 Å². The quantitative estimate of drug-likeness (QED) is 0.0172. The number of methoxy groups -OCH3 is 5. The summed E-state index contributed by atoms with van der Waals surface area (Å²) in [7, 11) is 13.3. The van der Waals surface area contributed by atoms with Crippen molar-refractivity contribution in [3.05, 3.63) is 118 Å². The van der Waals surface area contributed by atoms with Crippen molar-refractivity contribution >= 4 is 77.9 Å². The molecule has 0 bridgehead atoms. The van der Waals surface area contributed by atoms with Crippen LogP contribution in [-0.4, -0.2) is 144 Å². The van der Waals surface area contributed by atoms with Gasteiger partial charge in [-0.2, -0.15) is 9.12 Å². The lowest BCUT2D eigenvalue weighted by Crippen LogP contribution is -2.31. The fourth-order valence-corrected chi connectivity index (χ4v) is 6.90. The third-order valence-electron chi connectivity index (χ3n) is 9.43. The average Bonchev–Trinajstić information content (AvgIpc) is 3.40. The molecule has 16 nitrogen and oxygen atoms in total. The van der Waals surface area contributed by atoms with Gasteiger partial charge in [-0.1, -0.05) is 48.9 Å². The first-order valence-electron chi connectivity index (χ1n) is 21.4. The second-order valence-electron chi connectivity index (χ2n) is 14.0. The number of rotatable bonds is 19. The molecule has 1 aliphatic rings. The molecular formula is C49H61BNO15PS. The number of likely N-dealkylation sites (tertiary alicyclic amines) is 1. The van der Waals surface area contributed by atoms with E-state index in [0.717, 1.165) is 29.0 Å². The lowest BCUT2D eigenvalue weighted by Gasteiger charge is -2.25. The van der Waals surface area contributed by atoms with Gasteiger partial charge in [-0.15, -0.1) is 11.3 Å². The van der Waals surface area contributed by atoms with Gasteiger partial charge >= 0.3 is 23.9 Å². The zero-order valence-electron chi connectivity index (χ0n) is 39.3. The molecule has 0 aliphatic carbocycles. The maximum Gasteiger partial charge on any atom is 0.343 e. The van der Waals surface area contributed by atoms with Crippen molar-refractivity contribution in [1.82, 2.24) is 4.90 Å². The van der Waals surface area contributed by atoms with Crippen LogP contribution in [0.1, 0.15) is 41.6 Å². The molecule has 366 valence electrons. The Bertz CT molecular complexity index is 2310. The highest BCUT2D eigenvalue weighted by Crippen LogP contribution is 2.27. The Kier molecular flexibility index (Phi) is 30.4. The van der Waals surface area contributed by atoms with Gasteiger partial charge in [0.15, 0.2) is 24.4 Å². The predicted molar refractivity (Wildman–Crippen MR) is 265 cm³/mol. The smallest absolute Gasteiger partial charge is 0.343 e. The normalized spacial score (nSPS) is 11.6. The number of nitrogens with zero attached hydrogens (tertiary/aromatic N) is 1. The Labute approximate surface area is 405 Å². The number of carbonyl (C=O) groups excluding carboxylic acids is 5. The van der Waals surface area contributed by atoms with Crippen molar-refractivity contribution in [2.75, 3.05) is 101 Å². The van der Waals surface area contributed by atoms with E-state index in [0.29, 0.717) is 66.2 Å². The average molecular weight is 978 g/mol. The van der Waals surface area contributed by atoms with E-state index in [-0.39, 0.29) is 43.0 Å². The van der Waals surface area contributed by atoms with Crippen molar-refractivity contribution in [2.45, 2.75) is 25.7 Å². The minimum atomic E-state index is -0.459. The largest absolute Gasteiger partial charge is 0.482 e. The molecule has 1 aliphatic heterocycles. The Balaban J connectivity index is 0.000000316. The molecule has 0 amide bonds. The Morgan fingerprint density at radius 1 is 0.559 bits per heavy atom. The van der Waals surface area contributed by atoms with Crippen LogP contribution >= 0.6 is 20.5 Å². The van der Waals surface area contributed by atoms with Gasteiger partial charge < -0.3 is 47.5 Å². The minimum Gasteiger partial charge on any atom is -0.482 e. The zero-order chi connectivity index (χ0) is 49.9. The standard InChI is InChI=1S/C16H12O4S.C16H14O4.C9H17NO2.C8H16O5.BH2P/c1-19-15(17)9-20-10-6-7-14-12(8-10)16(18)11-4-2-3-5-13(11)21-14;1-19-15(17)11-20-14-9-7-13(8-10-14)16(18)12-5-3-2-4-6-12;1-12-9(11)5-8-10-6-3-2-4-7-10;1-10-3-4-12-5-6-13-7-8(9)11-2;1-2/h2-8H,9H2,1H3;2-10H,11H2,1H3;2-8H2,1H3;3-7H2,1-2H3;2H2. The predicted octanol–water partition coefficient (Wildman–Crippen LogP) is 6.26. The summed E-state index contributed by atoms with van der Waals surface area (Å²) in [5.74, 6) is -0.441. The highest BCUT2D eigenvalue weighted by atomic mass is 32.1. The van der Waals surface area contributed by atoms with Gasteiger partial charge in [0.25, 0.3) is 0 Å². The van der Waals surface area contributed by atoms with Crippen LogP contribution in [0, 0.1) is 0 Å². The lowest BCUT2D eigenvalue weighted by molar-refractivity contribution is -0.146. The van der Waals surface area contributed by atoms with Crippen molar-refractivity contribution in [2.24, 2.45) is 0 Å². The van der Waals surface area contributed by atoms with Gasteiger partial charge in [0, 0.05) is 45.0 Å². The first-order valence-corrected chi connectivity index (χ1v) is 22.9. The fraction of sp³-hybridized carbons (Fsp3) is 0.388. The molecule has 5 aromatic rings. The number of ketones is 1. The molecule has 1 aromatic heterocycles. The Hall–Kier alpha value is -5.75. The molecular weight excluding hydrogens is 916 g/mol. The van der Waals surface area contributed by atoms with Gasteiger partial charge in [0.2, 0.25) is 0 Å². The summed E-state index contributed by atoms with van der Waals surface area (Å²) >= 11 is 1.56. The van der Waals surface area contributed by atoms with Gasteiger partial charge in [-0.3, -0.25) is 14.4 Å². The van der Waals surface area contributed by atoms with Crippen LogP contribution in [0.4, 0.5) is 0 Å². The number of benzene rings is 4. The van der Waals surface area contributed by atoms with Gasteiger partial charge in [0.1, 0.15) is 18.1 Å². The molecule has 2 heterocycles. The molecule has 19 heteroatoms. The van der Waals surface area contributed by atoms with E-state index < -0.39 is 11.9 Å². The number of piperidine rings is 1. The van der Waals surface area contributed by atoms with Gasteiger partial charge in [-0.05, 0) is 80.5 Å². The van der Waals surface area contributed by atoms with E-state index in [2.05, 4.69) is 31.4 Å². The number of hydrogen-bond acceptors (Lipinski definition) is 17. The molecule has 0 spiro atoms. The van der Waals surface area contributed by atoms with Gasteiger partial charge in [-0.25, -0.2) is 14.4 Å². The van der Waals surface area contributed by atoms with Crippen LogP contribution in [0.5, 0.6) is 11.5 Å². The van der Waals surface area contributed by atoms with Crippen LogP contribution < -0.4 is 14.9 Å². The molecule has 0 N–H and O–H groups in total. The number of fused-ring (bicyclic) bond motifs is 2. The molecule has 1 saturated heterocycles. The summed E-state index contributed by atoms with van der Waals surface area (Å²) in [6, 6.07) is 28.4. The molecule has 2 radical (unpaired) electrons. The van der Waals surface area contributed by atoms with Crippen LogP contribution in [0.3, 0.4) is 0 Å². The van der Waals surface area contributed by atoms with Crippen LogP contribution in [0.25, 0.3) is 20.2 Å². The summed E-state index contributed by atoms with van der Waals surface area (Å²) in [5.41, 5.74) is 1.18. The third-order valence-corrected chi connectivity index (χ3v) is 10.6. The molecule has 1 atom stereocenters. The van der Waals surface area contributed by atoms with E-state index in [4.69, 9.17) is 23.7 Å². The molecule has 6 rings (SSSR count). The number of esters is 4. The number of hydrogen-bond donors (Lipinski definition) is 0. The summed E-state index contributed by atoms with van der Waals surface area (Å²) in [5, 5.41) is 1.29. The maximum atomic E-state index is 12.5. The first-order chi connectivity index (χ1) is 33.0. The van der Waals surface area contributed by atoms with E-state index in [1.807, 2.05) is 57.6 Å². The Morgan fingerprint density at radius 2 is 1.07 bits per heavy atom. The summed E-state index contributed by atoms with van der Waals surface area (Å²) < 4.78 is 45.1. The number of carbonyl (C=O) groups is 5. The molecule has 1 unspecified atom stereocenters. The lowest BCUT2D eigenvalue weighted by atomic mass is 10.0. The van der Waals surface area contributed by atoms with Crippen molar-refractivity contribution in [3.8, 4) is 11.5 Å². The summed E-state index contributed by atoms with van der Waals surface area (Å²) in [6.45, 7) is 4.77. The fourth-order valence-electron chi connectivity index (χ4n) is 5.84. The molecule has 4 aromatic carbocycles. The van der Waals surface area contributed by atoms with Crippen LogP contribution in [0.2, 0.25) is 0 Å². The maximum absolute atomic E-state index is 12.5. The first kappa shape index (κ1) is 58.4. The SMILES string of the molecule is COC(=O)CCN1CCCCC1.COC(=O)COc1ccc(C(=O)c2ccccc2)cc1.COC(=O)COc1ccc2sc3ccccc3c(=O)c2c1.COCCOCCOCC(=O)OC.[B]P. The van der Waals surface area contributed by atoms with E-state index in [1.165, 1.54) is 47.7 Å². The number of ether oxygens (including phenoxy) is 9. The van der Waals surface area contributed by atoms with Crippen LogP contribution in [-0.2, 0) is 52.3 Å². The van der Waals surface area contributed by atoms with E-state index >= 15 is 0 Å². The monoisotopic (exact) mass is 977 g/mol. The highest BCUT2D eigenvalue weighted by Gasteiger charge is 2.12. The van der Waals surface area contributed by atoms with Crippen molar-refractivity contribution < 1.29 is 66.6 Å². The summed E-state index contributed by atoms with van der Waals surface area (Å²) in [4.78, 5) is 70.4. The van der Waals surface area contributed by atoms with E-state index in [1.54, 1.807) is 67.0 Å². The topological polar surface area (TPSA) is 189 Å². The van der Waals surface area contributed by atoms with Crippen molar-refractivity contribution in [3.63, 3.8) is 0 Å². The Morgan fingerprint density at radius 3 is 1.69 bits per heavy atom. The van der Waals surface area contributed by atoms with E-state index in [9.17, 15) is 28.8 Å². The summed E-state index contributed by atoms with van der Waals surface area (Å²) in [6.07, 6.45) is 4.44. The second-order valence-corrected chi connectivity index (χ2v) is 15.1. The van der Waals surface area contributed by atoms with Crippen LogP contribution in [0.15, 0.2) is 102 Å². The molecule has 0 saturated carbocycles. The second kappa shape index (κ2) is 35.4. The molecule has 68 heavy (non-hydrogen) atoms. The minimum absolute atomic E-state index is 0.0237. The third kappa shape index (κ3) is 22.8. The van der Waals surface area contributed by atoms with Gasteiger partial charge in [0.05, 0.1) is 68.9 Å².